The Bertz CT molecular complexity index is 332. The molecule has 0 bridgehead atoms. The van der Waals surface area contributed by atoms with Gasteiger partial charge in [-0.3, -0.25) is 0 Å². The van der Waals surface area contributed by atoms with Crippen LogP contribution in [0, 0.1) is 0 Å². The fraction of sp³-hybridized carbons (Fsp3) is 0.143. The van der Waals surface area contributed by atoms with E-state index in [0.717, 1.165) is 0 Å². The number of carbonyl (C=O) groups excluding carboxylic acids is 1. The third-order valence-corrected chi connectivity index (χ3v) is 1.89. The molecule has 6 heteroatoms. The largest absolute Gasteiger partial charge is 0.465 e. The lowest BCUT2D eigenvalue weighted by Crippen LogP contribution is -2.05. The summed E-state index contributed by atoms with van der Waals surface area (Å²) in [5, 5.41) is 2.99. The van der Waals surface area contributed by atoms with Crippen molar-refractivity contribution in [2.45, 2.75) is 0 Å². The van der Waals surface area contributed by atoms with E-state index in [2.05, 4.69) is 24.2 Å². The number of rotatable bonds is 2. The van der Waals surface area contributed by atoms with Crippen LogP contribution in [0.25, 0.3) is 0 Å². The number of hydrogen-bond acceptors (Lipinski definition) is 4. The Labute approximate surface area is 82.9 Å². The lowest BCUT2D eigenvalue weighted by Gasteiger charge is -2.05. The molecule has 0 spiro atoms. The van der Waals surface area contributed by atoms with Crippen LogP contribution in [-0.2, 0) is 4.74 Å². The first-order valence-corrected chi connectivity index (χ1v) is 4.36. The van der Waals surface area contributed by atoms with Gasteiger partial charge in [-0.25, -0.2) is 9.78 Å². The van der Waals surface area contributed by atoms with Gasteiger partial charge in [-0.2, -0.15) is 0 Å². The maximum Gasteiger partial charge on any atom is 0.341 e. The van der Waals surface area contributed by atoms with Gasteiger partial charge in [-0.1, -0.05) is 11.6 Å². The molecule has 0 amide bonds. The molecular weight excluding hydrogens is 211 g/mol. The zero-order valence-corrected chi connectivity index (χ0v) is 8.78. The van der Waals surface area contributed by atoms with Crippen LogP contribution < -0.4 is 5.09 Å². The van der Waals surface area contributed by atoms with Crippen molar-refractivity contribution in [2.75, 3.05) is 12.2 Å². The molecule has 1 atom stereocenters. The molecule has 0 radical (unpaired) electrons. The summed E-state index contributed by atoms with van der Waals surface area (Å²) in [4.78, 5) is 15.0. The van der Waals surface area contributed by atoms with Gasteiger partial charge in [0.2, 0.25) is 0 Å². The van der Waals surface area contributed by atoms with Crippen molar-refractivity contribution >= 4 is 32.8 Å². The summed E-state index contributed by atoms with van der Waals surface area (Å²) < 4.78 is 4.55. The smallest absolute Gasteiger partial charge is 0.341 e. The van der Waals surface area contributed by atoms with E-state index in [4.69, 9.17) is 11.6 Å². The standard InChI is InChI=1S/C7H8ClN2O2P/c1-12-7(11)4-2-3-5(8)9-6(4)10-13/h2-3H,13H2,1H3,(H,9,10). The van der Waals surface area contributed by atoms with E-state index >= 15 is 0 Å². The van der Waals surface area contributed by atoms with E-state index in [1.165, 1.54) is 13.2 Å². The van der Waals surface area contributed by atoms with E-state index in [0.29, 0.717) is 16.5 Å². The quantitative estimate of drug-likeness (QED) is 0.467. The Morgan fingerprint density at radius 1 is 1.69 bits per heavy atom. The van der Waals surface area contributed by atoms with Crippen LogP contribution in [-0.4, -0.2) is 18.1 Å². The number of halogens is 1. The first-order valence-electron chi connectivity index (χ1n) is 3.40. The number of aromatic nitrogens is 1. The molecule has 0 saturated heterocycles. The third kappa shape index (κ3) is 2.29. The number of ether oxygens (including phenoxy) is 1. The molecule has 13 heavy (non-hydrogen) atoms. The van der Waals surface area contributed by atoms with Gasteiger partial charge in [0.25, 0.3) is 0 Å². The minimum absolute atomic E-state index is 0.317. The first-order chi connectivity index (χ1) is 6.19. The van der Waals surface area contributed by atoms with E-state index < -0.39 is 5.97 Å². The molecule has 1 aromatic rings. The normalized spacial score (nSPS) is 9.46. The van der Waals surface area contributed by atoms with Gasteiger partial charge in [0.1, 0.15) is 16.5 Å². The molecule has 1 heterocycles. The predicted octanol–water partition coefficient (Wildman–Crippen LogP) is 1.72. The highest BCUT2D eigenvalue weighted by Gasteiger charge is 2.11. The molecule has 0 aliphatic rings. The van der Waals surface area contributed by atoms with Crippen LogP contribution in [0.1, 0.15) is 10.4 Å². The number of esters is 1. The molecule has 0 fully saturated rings. The molecule has 0 saturated carbocycles. The lowest BCUT2D eigenvalue weighted by atomic mass is 10.2. The number of nitrogens with zero attached hydrogens (tertiary/aromatic N) is 1. The van der Waals surface area contributed by atoms with E-state index in [1.807, 2.05) is 0 Å². The molecule has 1 N–H and O–H groups in total. The Hall–Kier alpha value is -0.860. The van der Waals surface area contributed by atoms with Crippen molar-refractivity contribution in [3.8, 4) is 0 Å². The van der Waals surface area contributed by atoms with Gasteiger partial charge in [0.05, 0.1) is 7.11 Å². The maximum atomic E-state index is 11.1. The van der Waals surface area contributed by atoms with Crippen molar-refractivity contribution in [1.29, 1.82) is 0 Å². The summed E-state index contributed by atoms with van der Waals surface area (Å²) in [5.41, 5.74) is 0.349. The highest BCUT2D eigenvalue weighted by atomic mass is 35.5. The molecule has 70 valence electrons. The van der Waals surface area contributed by atoms with Gasteiger partial charge in [0.15, 0.2) is 0 Å². The Kier molecular flexibility index (Phi) is 3.46. The van der Waals surface area contributed by atoms with Gasteiger partial charge in [-0.15, -0.1) is 0 Å². The topological polar surface area (TPSA) is 51.2 Å². The number of carbonyl (C=O) groups is 1. The fourth-order valence-electron chi connectivity index (χ4n) is 0.820. The molecule has 0 aliphatic heterocycles. The van der Waals surface area contributed by atoms with E-state index in [1.54, 1.807) is 6.07 Å². The van der Waals surface area contributed by atoms with E-state index in [9.17, 15) is 4.79 Å². The zero-order chi connectivity index (χ0) is 9.84. The fourth-order valence-corrected chi connectivity index (χ4v) is 1.19. The van der Waals surface area contributed by atoms with Gasteiger partial charge in [0, 0.05) is 0 Å². The summed E-state index contributed by atoms with van der Waals surface area (Å²) in [5.74, 6) is -0.0709. The molecule has 0 aromatic carbocycles. The molecule has 1 unspecified atom stereocenters. The second-order valence-corrected chi connectivity index (χ2v) is 2.84. The average Bonchev–Trinajstić information content (AvgIpc) is 2.16. The Morgan fingerprint density at radius 3 is 2.92 bits per heavy atom. The van der Waals surface area contributed by atoms with Crippen molar-refractivity contribution in [2.24, 2.45) is 0 Å². The van der Waals surface area contributed by atoms with Crippen LogP contribution in [0.2, 0.25) is 5.15 Å². The summed E-state index contributed by atoms with van der Waals surface area (Å²) in [6, 6.07) is 3.08. The summed E-state index contributed by atoms with van der Waals surface area (Å²) in [6.07, 6.45) is 0. The van der Waals surface area contributed by atoms with Crippen molar-refractivity contribution in [3.63, 3.8) is 0 Å². The SMILES string of the molecule is COC(=O)c1ccc(Cl)nc1NP. The number of hydrogen-bond donors (Lipinski definition) is 1. The zero-order valence-electron chi connectivity index (χ0n) is 6.87. The molecular formula is C7H8ClN2O2P. The number of anilines is 1. The minimum Gasteiger partial charge on any atom is -0.465 e. The summed E-state index contributed by atoms with van der Waals surface area (Å²) in [7, 11) is 3.55. The van der Waals surface area contributed by atoms with Gasteiger partial charge in [-0.05, 0) is 21.5 Å². The van der Waals surface area contributed by atoms with Crippen LogP contribution in [0.15, 0.2) is 12.1 Å². The molecule has 0 aliphatic carbocycles. The minimum atomic E-state index is -0.450. The monoisotopic (exact) mass is 218 g/mol. The highest BCUT2D eigenvalue weighted by molar-refractivity contribution is 7.18. The van der Waals surface area contributed by atoms with Crippen LogP contribution >= 0.6 is 21.0 Å². The van der Waals surface area contributed by atoms with Crippen molar-refractivity contribution in [3.05, 3.63) is 22.8 Å². The number of methoxy groups -OCH3 is 1. The van der Waals surface area contributed by atoms with E-state index in [-0.39, 0.29) is 0 Å². The van der Waals surface area contributed by atoms with Crippen LogP contribution in [0.4, 0.5) is 5.82 Å². The molecule has 1 rings (SSSR count). The second kappa shape index (κ2) is 4.40. The third-order valence-electron chi connectivity index (χ3n) is 1.40. The van der Waals surface area contributed by atoms with Crippen molar-refractivity contribution in [1.82, 2.24) is 4.98 Å². The van der Waals surface area contributed by atoms with Crippen LogP contribution in [0.5, 0.6) is 0 Å². The first kappa shape index (κ1) is 10.2. The summed E-state index contributed by atoms with van der Waals surface area (Å²) in [6.45, 7) is 0. The Balaban J connectivity index is 3.13. The second-order valence-electron chi connectivity index (χ2n) is 2.17. The predicted molar refractivity (Wildman–Crippen MR) is 53.9 cm³/mol. The average molecular weight is 219 g/mol. The summed E-state index contributed by atoms with van der Waals surface area (Å²) >= 11 is 5.63. The van der Waals surface area contributed by atoms with Gasteiger partial charge < -0.3 is 9.82 Å². The number of nitrogens with one attached hydrogen (secondary N) is 1. The Morgan fingerprint density at radius 2 is 2.38 bits per heavy atom. The molecule has 4 nitrogen and oxygen atoms in total. The lowest BCUT2D eigenvalue weighted by molar-refractivity contribution is 0.0601. The highest BCUT2D eigenvalue weighted by Crippen LogP contribution is 2.18. The maximum absolute atomic E-state index is 11.1. The van der Waals surface area contributed by atoms with Crippen LogP contribution in [0.3, 0.4) is 0 Å². The number of pyridine rings is 1. The molecule has 1 aromatic heterocycles. The van der Waals surface area contributed by atoms with Gasteiger partial charge >= 0.3 is 5.97 Å². The van der Waals surface area contributed by atoms with Crippen molar-refractivity contribution < 1.29 is 9.53 Å².